The Morgan fingerprint density at radius 1 is 1.23 bits per heavy atom. The molecular weight excluding hydrogens is 158 g/mol. The predicted molar refractivity (Wildman–Crippen MR) is 59.5 cm³/mol. The van der Waals surface area contributed by atoms with Crippen LogP contribution in [0, 0.1) is 6.92 Å². The predicted octanol–water partition coefficient (Wildman–Crippen LogP) is 3.01. The Kier molecular flexibility index (Phi) is 3.35. The maximum atomic E-state index is 2.32. The van der Waals surface area contributed by atoms with Crippen LogP contribution in [-0.2, 0) is 6.42 Å². The summed E-state index contributed by atoms with van der Waals surface area (Å²) in [6.45, 7) is 7.37. The second-order valence-electron chi connectivity index (χ2n) is 3.24. The van der Waals surface area contributed by atoms with Crippen molar-refractivity contribution in [2.75, 3.05) is 18.5 Å². The summed E-state index contributed by atoms with van der Waals surface area (Å²) >= 11 is 0. The summed E-state index contributed by atoms with van der Waals surface area (Å²) in [5.74, 6) is 0. The Morgan fingerprint density at radius 3 is 2.54 bits per heavy atom. The largest absolute Gasteiger partial charge is 0.374 e. The molecule has 0 saturated carbocycles. The van der Waals surface area contributed by atoms with E-state index in [-0.39, 0.29) is 0 Å². The van der Waals surface area contributed by atoms with E-state index in [2.05, 4.69) is 37.1 Å². The van der Waals surface area contributed by atoms with Crippen LogP contribution in [0.1, 0.15) is 25.0 Å². The van der Waals surface area contributed by atoms with E-state index in [9.17, 15) is 0 Å². The van der Waals surface area contributed by atoms with Gasteiger partial charge in [-0.1, -0.05) is 26.0 Å². The van der Waals surface area contributed by atoms with Crippen molar-refractivity contribution in [1.82, 2.24) is 0 Å². The van der Waals surface area contributed by atoms with E-state index in [0.717, 1.165) is 0 Å². The molecule has 1 aliphatic heterocycles. The van der Waals surface area contributed by atoms with Crippen molar-refractivity contribution in [3.8, 4) is 0 Å². The van der Waals surface area contributed by atoms with E-state index < -0.39 is 0 Å². The maximum absolute atomic E-state index is 2.32. The number of likely N-dealkylation sites (N-methyl/N-ethyl adjacent to an activating group) is 1. The van der Waals surface area contributed by atoms with Gasteiger partial charge < -0.3 is 4.90 Å². The fourth-order valence-corrected chi connectivity index (χ4v) is 1.77. The first kappa shape index (κ1) is 10.1. The fraction of sp³-hybridized carbons (Fsp3) is 0.500. The first-order chi connectivity index (χ1) is 6.29. The Balaban J connectivity index is 0.000000396. The van der Waals surface area contributed by atoms with E-state index in [1.165, 1.54) is 29.8 Å². The molecule has 0 fully saturated rings. The summed E-state index contributed by atoms with van der Waals surface area (Å²) in [5, 5.41) is 0. The average Bonchev–Trinajstić information content (AvgIpc) is 2.53. The molecule has 0 radical (unpaired) electrons. The van der Waals surface area contributed by atoms with Crippen molar-refractivity contribution in [3.05, 3.63) is 29.3 Å². The normalized spacial score (nSPS) is 13.4. The number of aryl methyl sites for hydroxylation is 1. The summed E-state index contributed by atoms with van der Waals surface area (Å²) in [6, 6.07) is 6.53. The Labute approximate surface area is 81.4 Å². The second kappa shape index (κ2) is 4.31. The highest BCUT2D eigenvalue weighted by Crippen LogP contribution is 2.28. The molecule has 0 spiro atoms. The minimum Gasteiger partial charge on any atom is -0.374 e. The number of fused-ring (bicyclic) bond motifs is 1. The van der Waals surface area contributed by atoms with Gasteiger partial charge in [0.1, 0.15) is 0 Å². The highest BCUT2D eigenvalue weighted by molar-refractivity contribution is 5.59. The molecule has 0 N–H and O–H groups in total. The highest BCUT2D eigenvalue weighted by Gasteiger charge is 2.15. The van der Waals surface area contributed by atoms with Gasteiger partial charge in [0.05, 0.1) is 0 Å². The fourth-order valence-electron chi connectivity index (χ4n) is 1.77. The lowest BCUT2D eigenvalue weighted by Gasteiger charge is -2.11. The second-order valence-corrected chi connectivity index (χ2v) is 3.24. The minimum atomic E-state index is 1.18. The first-order valence-electron chi connectivity index (χ1n) is 5.08. The summed E-state index contributed by atoms with van der Waals surface area (Å²) in [6.07, 6.45) is 1.22. The molecule has 1 nitrogen and oxygen atoms in total. The van der Waals surface area contributed by atoms with Crippen molar-refractivity contribution in [2.45, 2.75) is 27.2 Å². The monoisotopic (exact) mass is 177 g/mol. The lowest BCUT2D eigenvalue weighted by atomic mass is 10.1. The summed E-state index contributed by atoms with van der Waals surface area (Å²) in [7, 11) is 2.16. The zero-order valence-electron chi connectivity index (χ0n) is 9.09. The molecule has 1 aliphatic rings. The van der Waals surface area contributed by atoms with Gasteiger partial charge in [-0.05, 0) is 30.5 Å². The average molecular weight is 177 g/mol. The molecule has 0 unspecified atom stereocenters. The molecule has 0 aromatic heterocycles. The number of benzene rings is 1. The standard InChI is InChI=1S/C10H13N.C2H6/c1-8-4-3-5-10-9(8)6-7-11(10)2;1-2/h3-5H,6-7H2,1-2H3;1-2H3. The third-order valence-electron chi connectivity index (χ3n) is 2.49. The molecule has 0 bridgehead atoms. The maximum Gasteiger partial charge on any atom is 0.0399 e. The van der Waals surface area contributed by atoms with Gasteiger partial charge in [0.2, 0.25) is 0 Å². The molecular formula is C12H19N. The molecule has 0 saturated heterocycles. The number of hydrogen-bond donors (Lipinski definition) is 0. The van der Waals surface area contributed by atoms with Crippen molar-refractivity contribution in [2.24, 2.45) is 0 Å². The van der Waals surface area contributed by atoms with E-state index in [1.807, 2.05) is 13.8 Å². The third-order valence-corrected chi connectivity index (χ3v) is 2.49. The Bertz CT molecular complexity index is 278. The van der Waals surface area contributed by atoms with Gasteiger partial charge in [-0.25, -0.2) is 0 Å². The van der Waals surface area contributed by atoms with Crippen LogP contribution in [0.2, 0.25) is 0 Å². The Morgan fingerprint density at radius 2 is 1.92 bits per heavy atom. The molecule has 1 heteroatoms. The van der Waals surface area contributed by atoms with Crippen LogP contribution in [0.5, 0.6) is 0 Å². The number of anilines is 1. The van der Waals surface area contributed by atoms with E-state index in [1.54, 1.807) is 0 Å². The highest BCUT2D eigenvalue weighted by atomic mass is 15.1. The van der Waals surface area contributed by atoms with E-state index >= 15 is 0 Å². The van der Waals surface area contributed by atoms with Crippen LogP contribution in [0.25, 0.3) is 0 Å². The molecule has 0 amide bonds. The van der Waals surface area contributed by atoms with Crippen LogP contribution >= 0.6 is 0 Å². The van der Waals surface area contributed by atoms with E-state index in [0.29, 0.717) is 0 Å². The molecule has 0 aliphatic carbocycles. The molecule has 72 valence electrons. The zero-order valence-corrected chi connectivity index (χ0v) is 9.09. The zero-order chi connectivity index (χ0) is 9.84. The smallest absolute Gasteiger partial charge is 0.0399 e. The number of hydrogen-bond acceptors (Lipinski definition) is 1. The minimum absolute atomic E-state index is 1.18. The summed E-state index contributed by atoms with van der Waals surface area (Å²) in [4.78, 5) is 2.32. The van der Waals surface area contributed by atoms with Crippen LogP contribution in [0.3, 0.4) is 0 Å². The molecule has 0 atom stereocenters. The first-order valence-corrected chi connectivity index (χ1v) is 5.08. The topological polar surface area (TPSA) is 3.24 Å². The SMILES string of the molecule is CC.Cc1cccc2c1CCN2C. The third kappa shape index (κ3) is 1.85. The lowest BCUT2D eigenvalue weighted by Crippen LogP contribution is -2.12. The molecule has 13 heavy (non-hydrogen) atoms. The van der Waals surface area contributed by atoms with Crippen LogP contribution in [0.15, 0.2) is 18.2 Å². The molecule has 1 heterocycles. The van der Waals surface area contributed by atoms with Crippen LogP contribution in [-0.4, -0.2) is 13.6 Å². The summed E-state index contributed by atoms with van der Waals surface area (Å²) in [5.41, 5.74) is 4.40. The van der Waals surface area contributed by atoms with Gasteiger partial charge in [0, 0.05) is 19.3 Å². The molecule has 1 aromatic carbocycles. The molecule has 1 aromatic rings. The number of nitrogens with zero attached hydrogens (tertiary/aromatic N) is 1. The Hall–Kier alpha value is -0.980. The van der Waals surface area contributed by atoms with Crippen LogP contribution < -0.4 is 4.90 Å². The van der Waals surface area contributed by atoms with E-state index in [4.69, 9.17) is 0 Å². The van der Waals surface area contributed by atoms with Crippen LogP contribution in [0.4, 0.5) is 5.69 Å². The molecule has 2 rings (SSSR count). The van der Waals surface area contributed by atoms with Crippen molar-refractivity contribution < 1.29 is 0 Å². The number of rotatable bonds is 0. The summed E-state index contributed by atoms with van der Waals surface area (Å²) < 4.78 is 0. The van der Waals surface area contributed by atoms with Gasteiger partial charge in [-0.2, -0.15) is 0 Å². The quantitative estimate of drug-likeness (QED) is 0.589. The van der Waals surface area contributed by atoms with Crippen molar-refractivity contribution >= 4 is 5.69 Å². The van der Waals surface area contributed by atoms with Gasteiger partial charge in [-0.3, -0.25) is 0 Å². The lowest BCUT2D eigenvalue weighted by molar-refractivity contribution is 0.953. The van der Waals surface area contributed by atoms with Crippen molar-refractivity contribution in [1.29, 1.82) is 0 Å². The van der Waals surface area contributed by atoms with Gasteiger partial charge in [0.15, 0.2) is 0 Å². The van der Waals surface area contributed by atoms with Gasteiger partial charge in [-0.15, -0.1) is 0 Å². The van der Waals surface area contributed by atoms with Gasteiger partial charge >= 0.3 is 0 Å². The van der Waals surface area contributed by atoms with Crippen molar-refractivity contribution in [3.63, 3.8) is 0 Å². The van der Waals surface area contributed by atoms with Gasteiger partial charge in [0.25, 0.3) is 0 Å².